The van der Waals surface area contributed by atoms with E-state index in [-0.39, 0.29) is 5.82 Å². The zero-order chi connectivity index (χ0) is 13.1. The average Bonchev–Trinajstić information content (AvgIpc) is 3.11. The molecule has 3 heteroatoms. The molecule has 1 fully saturated rings. The van der Waals surface area contributed by atoms with Crippen LogP contribution in [0.15, 0.2) is 18.2 Å². The minimum Gasteiger partial charge on any atom is -0.326 e. The molecule has 0 bridgehead atoms. The Hall–Kier alpha value is -0.930. The molecule has 0 saturated heterocycles. The highest BCUT2D eigenvalue weighted by molar-refractivity contribution is 5.24. The standard InChI is InChI=1S/C15H23FN2/c1-11(2)18(9-12-3-4-12)10-14-5-13(8-17)6-15(16)7-14/h5-7,11-12H,3-4,8-10,17H2,1-2H3. The molecule has 1 aliphatic carbocycles. The van der Waals surface area contributed by atoms with Crippen molar-refractivity contribution in [2.24, 2.45) is 11.7 Å². The Morgan fingerprint density at radius 3 is 2.50 bits per heavy atom. The molecule has 0 aromatic heterocycles. The minimum absolute atomic E-state index is 0.178. The van der Waals surface area contributed by atoms with Crippen molar-refractivity contribution in [1.82, 2.24) is 4.90 Å². The van der Waals surface area contributed by atoms with E-state index in [0.717, 1.165) is 30.1 Å². The Bertz CT molecular complexity index is 399. The van der Waals surface area contributed by atoms with Crippen LogP contribution in [0.5, 0.6) is 0 Å². The lowest BCUT2D eigenvalue weighted by Gasteiger charge is -2.26. The van der Waals surface area contributed by atoms with E-state index in [9.17, 15) is 4.39 Å². The van der Waals surface area contributed by atoms with Gasteiger partial charge in [-0.2, -0.15) is 0 Å². The molecule has 1 saturated carbocycles. The maximum absolute atomic E-state index is 13.5. The van der Waals surface area contributed by atoms with Crippen molar-refractivity contribution >= 4 is 0 Å². The molecule has 2 rings (SSSR count). The first-order valence-corrected chi connectivity index (χ1v) is 6.81. The van der Waals surface area contributed by atoms with E-state index in [0.29, 0.717) is 12.6 Å². The van der Waals surface area contributed by atoms with Gasteiger partial charge in [0.25, 0.3) is 0 Å². The second-order valence-corrected chi connectivity index (χ2v) is 5.64. The topological polar surface area (TPSA) is 29.3 Å². The second kappa shape index (κ2) is 5.81. The minimum atomic E-state index is -0.178. The summed E-state index contributed by atoms with van der Waals surface area (Å²) in [5.74, 6) is 0.679. The summed E-state index contributed by atoms with van der Waals surface area (Å²) in [6.07, 6.45) is 2.70. The van der Waals surface area contributed by atoms with Gasteiger partial charge in [0.05, 0.1) is 0 Å². The molecule has 1 aliphatic rings. The molecule has 0 aliphatic heterocycles. The predicted octanol–water partition coefficient (Wildman–Crippen LogP) is 2.90. The van der Waals surface area contributed by atoms with Gasteiger partial charge >= 0.3 is 0 Å². The average molecular weight is 250 g/mol. The van der Waals surface area contributed by atoms with Gasteiger partial charge in [-0.05, 0) is 55.9 Å². The Morgan fingerprint density at radius 1 is 1.28 bits per heavy atom. The highest BCUT2D eigenvalue weighted by atomic mass is 19.1. The molecule has 2 N–H and O–H groups in total. The van der Waals surface area contributed by atoms with Crippen molar-refractivity contribution in [3.05, 3.63) is 35.1 Å². The third-order valence-corrected chi connectivity index (χ3v) is 3.56. The van der Waals surface area contributed by atoms with E-state index in [1.54, 1.807) is 6.07 Å². The fourth-order valence-electron chi connectivity index (χ4n) is 2.25. The lowest BCUT2D eigenvalue weighted by molar-refractivity contribution is 0.203. The lowest BCUT2D eigenvalue weighted by Crippen LogP contribution is -2.32. The van der Waals surface area contributed by atoms with Crippen LogP contribution in [0.4, 0.5) is 4.39 Å². The van der Waals surface area contributed by atoms with Gasteiger partial charge in [-0.1, -0.05) is 6.07 Å². The number of nitrogens with two attached hydrogens (primary N) is 1. The van der Waals surface area contributed by atoms with Crippen molar-refractivity contribution in [3.8, 4) is 0 Å². The van der Waals surface area contributed by atoms with Gasteiger partial charge in [0, 0.05) is 25.7 Å². The zero-order valence-electron chi connectivity index (χ0n) is 11.3. The Morgan fingerprint density at radius 2 is 1.94 bits per heavy atom. The van der Waals surface area contributed by atoms with E-state index in [4.69, 9.17) is 5.73 Å². The molecule has 0 unspecified atom stereocenters. The summed E-state index contributed by atoms with van der Waals surface area (Å²) >= 11 is 0. The van der Waals surface area contributed by atoms with Crippen LogP contribution in [0, 0.1) is 11.7 Å². The van der Waals surface area contributed by atoms with Crippen LogP contribution in [-0.4, -0.2) is 17.5 Å². The molecule has 1 aromatic carbocycles. The molecule has 18 heavy (non-hydrogen) atoms. The number of halogens is 1. The van der Waals surface area contributed by atoms with Crippen LogP contribution in [-0.2, 0) is 13.1 Å². The maximum atomic E-state index is 13.5. The number of rotatable bonds is 6. The second-order valence-electron chi connectivity index (χ2n) is 5.64. The van der Waals surface area contributed by atoms with E-state index in [1.807, 2.05) is 6.07 Å². The van der Waals surface area contributed by atoms with E-state index in [1.165, 1.54) is 18.9 Å². The monoisotopic (exact) mass is 250 g/mol. The fraction of sp³-hybridized carbons (Fsp3) is 0.600. The third-order valence-electron chi connectivity index (χ3n) is 3.56. The summed E-state index contributed by atoms with van der Waals surface area (Å²) in [7, 11) is 0. The molecule has 0 radical (unpaired) electrons. The molecule has 1 aromatic rings. The fourth-order valence-corrected chi connectivity index (χ4v) is 2.25. The van der Waals surface area contributed by atoms with Gasteiger partial charge in [-0.15, -0.1) is 0 Å². The first kappa shape index (κ1) is 13.5. The van der Waals surface area contributed by atoms with Gasteiger partial charge in [-0.25, -0.2) is 4.39 Å². The third kappa shape index (κ3) is 3.79. The van der Waals surface area contributed by atoms with Crippen LogP contribution in [0.1, 0.15) is 37.8 Å². The van der Waals surface area contributed by atoms with Gasteiger partial charge in [0.1, 0.15) is 5.82 Å². The van der Waals surface area contributed by atoms with Gasteiger partial charge in [-0.3, -0.25) is 4.90 Å². The number of hydrogen-bond donors (Lipinski definition) is 1. The highest BCUT2D eigenvalue weighted by Crippen LogP contribution is 2.30. The molecule has 2 nitrogen and oxygen atoms in total. The summed E-state index contributed by atoms with van der Waals surface area (Å²) in [6.45, 7) is 6.75. The molecule has 0 atom stereocenters. The van der Waals surface area contributed by atoms with E-state index >= 15 is 0 Å². The van der Waals surface area contributed by atoms with Crippen molar-refractivity contribution < 1.29 is 4.39 Å². The van der Waals surface area contributed by atoms with Crippen LogP contribution in [0.25, 0.3) is 0 Å². The normalized spacial score (nSPS) is 15.7. The van der Waals surface area contributed by atoms with Crippen LogP contribution >= 0.6 is 0 Å². The van der Waals surface area contributed by atoms with Crippen LogP contribution in [0.3, 0.4) is 0 Å². The summed E-state index contributed by atoms with van der Waals surface area (Å²) in [4.78, 5) is 2.42. The smallest absolute Gasteiger partial charge is 0.123 e. The molecular formula is C15H23FN2. The highest BCUT2D eigenvalue weighted by Gasteiger charge is 2.25. The summed E-state index contributed by atoms with van der Waals surface area (Å²) in [5.41, 5.74) is 7.50. The van der Waals surface area contributed by atoms with Gasteiger partial charge in [0.15, 0.2) is 0 Å². The largest absolute Gasteiger partial charge is 0.326 e. The number of benzene rings is 1. The molecule has 0 heterocycles. The Kier molecular flexibility index (Phi) is 4.36. The summed E-state index contributed by atoms with van der Waals surface area (Å²) in [6, 6.07) is 5.66. The molecule has 0 spiro atoms. The zero-order valence-corrected chi connectivity index (χ0v) is 11.3. The van der Waals surface area contributed by atoms with Crippen LogP contribution in [0.2, 0.25) is 0 Å². The Labute approximate surface area is 109 Å². The van der Waals surface area contributed by atoms with Gasteiger partial charge in [0.2, 0.25) is 0 Å². The SMILES string of the molecule is CC(C)N(Cc1cc(F)cc(CN)c1)CC1CC1. The van der Waals surface area contributed by atoms with Crippen molar-refractivity contribution in [2.45, 2.75) is 45.8 Å². The van der Waals surface area contributed by atoms with E-state index in [2.05, 4.69) is 18.7 Å². The summed E-state index contributed by atoms with van der Waals surface area (Å²) < 4.78 is 13.5. The Balaban J connectivity index is 2.06. The summed E-state index contributed by atoms with van der Waals surface area (Å²) in [5, 5.41) is 0. The number of hydrogen-bond acceptors (Lipinski definition) is 2. The predicted molar refractivity (Wildman–Crippen MR) is 72.6 cm³/mol. The van der Waals surface area contributed by atoms with Crippen molar-refractivity contribution in [3.63, 3.8) is 0 Å². The lowest BCUT2D eigenvalue weighted by atomic mass is 10.1. The van der Waals surface area contributed by atoms with Crippen molar-refractivity contribution in [2.75, 3.05) is 6.54 Å². The molecule has 0 amide bonds. The molecular weight excluding hydrogens is 227 g/mol. The quantitative estimate of drug-likeness (QED) is 0.841. The van der Waals surface area contributed by atoms with Gasteiger partial charge < -0.3 is 5.73 Å². The molecule has 100 valence electrons. The first-order valence-electron chi connectivity index (χ1n) is 6.81. The number of nitrogens with zero attached hydrogens (tertiary/aromatic N) is 1. The maximum Gasteiger partial charge on any atom is 0.123 e. The first-order chi connectivity index (χ1) is 8.58. The van der Waals surface area contributed by atoms with E-state index < -0.39 is 0 Å². The van der Waals surface area contributed by atoms with Crippen molar-refractivity contribution in [1.29, 1.82) is 0 Å². The van der Waals surface area contributed by atoms with Crippen LogP contribution < -0.4 is 5.73 Å².